The van der Waals surface area contributed by atoms with Crippen LogP contribution in [-0.2, 0) is 16.0 Å². The van der Waals surface area contributed by atoms with Crippen LogP contribution in [0.4, 0.5) is 5.69 Å². The highest BCUT2D eigenvalue weighted by Gasteiger charge is 2.26. The van der Waals surface area contributed by atoms with Crippen LogP contribution in [0.15, 0.2) is 71.7 Å². The number of likely N-dealkylation sites (tertiary alicyclic amines) is 1. The van der Waals surface area contributed by atoms with Crippen molar-refractivity contribution >= 4 is 28.3 Å². The van der Waals surface area contributed by atoms with Gasteiger partial charge in [0.05, 0.1) is 49.2 Å². The molecular weight excluding hydrogens is 518 g/mol. The van der Waals surface area contributed by atoms with Crippen molar-refractivity contribution in [2.45, 2.75) is 26.2 Å². The number of hydrogen-bond acceptors (Lipinski definition) is 7. The third-order valence-electron chi connectivity index (χ3n) is 7.67. The maximum atomic E-state index is 12.0. The number of benzene rings is 3. The topological polar surface area (TPSA) is 96.4 Å². The van der Waals surface area contributed by atoms with Gasteiger partial charge in [0.2, 0.25) is 0 Å². The van der Waals surface area contributed by atoms with E-state index < -0.39 is 0 Å². The number of methoxy groups -OCH3 is 2. The van der Waals surface area contributed by atoms with Gasteiger partial charge in [-0.3, -0.25) is 4.79 Å². The highest BCUT2D eigenvalue weighted by Crippen LogP contribution is 2.38. The molecule has 1 aliphatic rings. The molecule has 0 amide bonds. The summed E-state index contributed by atoms with van der Waals surface area (Å²) in [6.45, 7) is 5.07. The van der Waals surface area contributed by atoms with E-state index in [1.165, 1.54) is 5.56 Å². The molecule has 2 N–H and O–H groups in total. The quantitative estimate of drug-likeness (QED) is 0.188. The Morgan fingerprint density at radius 2 is 1.68 bits per heavy atom. The summed E-state index contributed by atoms with van der Waals surface area (Å²) >= 11 is 0. The number of aromatic nitrogens is 1. The van der Waals surface area contributed by atoms with E-state index in [4.69, 9.17) is 19.2 Å². The molecule has 2 heterocycles. The molecule has 0 atom stereocenters. The number of H-pyrrole nitrogens is 1. The fourth-order valence-corrected chi connectivity index (χ4v) is 5.41. The maximum absolute atomic E-state index is 12.0. The second-order valence-electron chi connectivity index (χ2n) is 10.2. The van der Waals surface area contributed by atoms with Gasteiger partial charge in [-0.15, -0.1) is 0 Å². The summed E-state index contributed by atoms with van der Waals surface area (Å²) in [5.41, 5.74) is 4.87. The Balaban J connectivity index is 1.36. The summed E-state index contributed by atoms with van der Waals surface area (Å²) in [5, 5.41) is 11.8. The van der Waals surface area contributed by atoms with Gasteiger partial charge < -0.3 is 29.2 Å². The average molecular weight is 556 g/mol. The number of fused-ring (bicyclic) bond motifs is 1. The molecule has 1 aromatic heterocycles. The first kappa shape index (κ1) is 28.2. The molecule has 1 aliphatic heterocycles. The summed E-state index contributed by atoms with van der Waals surface area (Å²) in [5.74, 6) is 1.15. The number of rotatable bonds is 10. The van der Waals surface area contributed by atoms with Crippen LogP contribution >= 0.6 is 0 Å². The number of aliphatic imine (C=N–C) groups is 1. The number of carbonyl (C=O) groups is 1. The molecule has 5 rings (SSSR count). The van der Waals surface area contributed by atoms with E-state index in [0.29, 0.717) is 29.4 Å². The Morgan fingerprint density at radius 3 is 2.34 bits per heavy atom. The Morgan fingerprint density at radius 1 is 1.00 bits per heavy atom. The van der Waals surface area contributed by atoms with Crippen LogP contribution in [0.1, 0.15) is 36.5 Å². The number of esters is 1. The number of ether oxygens (including phenoxy) is 3. The van der Waals surface area contributed by atoms with E-state index in [9.17, 15) is 9.90 Å². The Hall–Kier alpha value is -4.30. The van der Waals surface area contributed by atoms with E-state index in [1.807, 2.05) is 61.5 Å². The molecule has 0 radical (unpaired) electrons. The first-order valence-corrected chi connectivity index (χ1v) is 14.1. The van der Waals surface area contributed by atoms with E-state index in [0.717, 1.165) is 61.1 Å². The van der Waals surface area contributed by atoms with Crippen molar-refractivity contribution in [2.75, 3.05) is 40.5 Å². The van der Waals surface area contributed by atoms with Gasteiger partial charge in [-0.25, -0.2) is 4.99 Å². The third-order valence-corrected chi connectivity index (χ3v) is 7.67. The zero-order valence-electron chi connectivity index (χ0n) is 23.9. The molecule has 0 saturated carbocycles. The van der Waals surface area contributed by atoms with Crippen LogP contribution in [0.3, 0.4) is 0 Å². The lowest BCUT2D eigenvalue weighted by Gasteiger charge is -2.30. The Kier molecular flexibility index (Phi) is 8.89. The van der Waals surface area contributed by atoms with Crippen molar-refractivity contribution in [3.05, 3.63) is 83.4 Å². The van der Waals surface area contributed by atoms with Crippen molar-refractivity contribution in [2.24, 2.45) is 10.9 Å². The minimum absolute atomic E-state index is 0.0289. The molecule has 1 fully saturated rings. The minimum atomic E-state index is -0.0574. The van der Waals surface area contributed by atoms with Crippen molar-refractivity contribution in [1.82, 2.24) is 9.88 Å². The van der Waals surface area contributed by atoms with Gasteiger partial charge in [0.25, 0.3) is 0 Å². The van der Waals surface area contributed by atoms with E-state index >= 15 is 0 Å². The fraction of sp³-hybridized carbons (Fsp3) is 0.333. The predicted octanol–water partition coefficient (Wildman–Crippen LogP) is 5.88. The van der Waals surface area contributed by atoms with Crippen LogP contribution in [0.5, 0.6) is 17.4 Å². The number of aromatic hydroxyl groups is 1. The van der Waals surface area contributed by atoms with Crippen LogP contribution in [0.2, 0.25) is 0 Å². The van der Waals surface area contributed by atoms with Crippen molar-refractivity contribution in [3.63, 3.8) is 0 Å². The summed E-state index contributed by atoms with van der Waals surface area (Å²) in [7, 11) is 3.18. The largest absolute Gasteiger partial charge is 0.494 e. The molecule has 1 saturated heterocycles. The van der Waals surface area contributed by atoms with Gasteiger partial charge in [0.1, 0.15) is 0 Å². The van der Waals surface area contributed by atoms with Gasteiger partial charge in [-0.2, -0.15) is 0 Å². The van der Waals surface area contributed by atoms with Gasteiger partial charge in [-0.1, -0.05) is 42.5 Å². The van der Waals surface area contributed by atoms with Crippen molar-refractivity contribution < 1.29 is 24.1 Å². The zero-order chi connectivity index (χ0) is 28.8. The number of nitrogens with zero attached hydrogens (tertiary/aromatic N) is 2. The lowest BCUT2D eigenvalue weighted by atomic mass is 9.96. The molecule has 0 bridgehead atoms. The standard InChI is InChI=1S/C33H37N3O5/c1-4-41-33(38)24-15-18-36(19-16-24)17-14-22-10-12-25(13-11-22)34-31(23-8-6-5-7-9-23)30-26-20-28(39-2)29(40-3)21-27(26)35-32(30)37/h5-13,20-21,24,35,37H,4,14-19H2,1-3H3. The number of aromatic amines is 1. The Labute approximate surface area is 240 Å². The highest BCUT2D eigenvalue weighted by atomic mass is 16.5. The SMILES string of the molecule is CCOC(=O)C1CCN(CCc2ccc(N=C(c3ccccc3)c3c(O)[nH]c4cc(OC)c(OC)cc34)cc2)CC1. The minimum Gasteiger partial charge on any atom is -0.494 e. The third kappa shape index (κ3) is 6.38. The Bertz CT molecular complexity index is 1500. The molecule has 0 unspecified atom stereocenters. The monoisotopic (exact) mass is 555 g/mol. The van der Waals surface area contributed by atoms with Crippen LogP contribution in [0, 0.1) is 5.92 Å². The highest BCUT2D eigenvalue weighted by molar-refractivity contribution is 6.22. The molecule has 0 spiro atoms. The molecule has 8 nitrogen and oxygen atoms in total. The van der Waals surface area contributed by atoms with Crippen LogP contribution in [-0.4, -0.2) is 67.1 Å². The normalized spacial score (nSPS) is 14.8. The van der Waals surface area contributed by atoms with Crippen molar-refractivity contribution in [1.29, 1.82) is 0 Å². The van der Waals surface area contributed by atoms with Gasteiger partial charge in [0, 0.05) is 23.6 Å². The number of carbonyl (C=O) groups excluding carboxylic acids is 1. The molecule has 8 heteroatoms. The predicted molar refractivity (Wildman–Crippen MR) is 161 cm³/mol. The van der Waals surface area contributed by atoms with Gasteiger partial charge in [0.15, 0.2) is 17.4 Å². The van der Waals surface area contributed by atoms with E-state index in [1.54, 1.807) is 14.2 Å². The van der Waals surface area contributed by atoms with Crippen LogP contribution < -0.4 is 9.47 Å². The van der Waals surface area contributed by atoms with Gasteiger partial charge >= 0.3 is 5.97 Å². The van der Waals surface area contributed by atoms with E-state index in [2.05, 4.69) is 22.0 Å². The maximum Gasteiger partial charge on any atom is 0.309 e. The summed E-state index contributed by atoms with van der Waals surface area (Å²) in [6, 6.07) is 21.8. The average Bonchev–Trinajstić information content (AvgIpc) is 3.33. The fourth-order valence-electron chi connectivity index (χ4n) is 5.41. The molecular formula is C33H37N3O5. The lowest BCUT2D eigenvalue weighted by Crippen LogP contribution is -2.38. The summed E-state index contributed by atoms with van der Waals surface area (Å²) in [6.07, 6.45) is 2.63. The number of hydrogen-bond donors (Lipinski definition) is 2. The molecule has 3 aromatic carbocycles. The van der Waals surface area contributed by atoms with Crippen LogP contribution in [0.25, 0.3) is 10.9 Å². The summed E-state index contributed by atoms with van der Waals surface area (Å²) < 4.78 is 16.2. The lowest BCUT2D eigenvalue weighted by molar-refractivity contribution is -0.149. The first-order valence-electron chi connectivity index (χ1n) is 14.1. The summed E-state index contributed by atoms with van der Waals surface area (Å²) in [4.78, 5) is 22.5. The zero-order valence-corrected chi connectivity index (χ0v) is 23.9. The molecule has 214 valence electrons. The number of nitrogens with one attached hydrogen (secondary N) is 1. The molecule has 0 aliphatic carbocycles. The van der Waals surface area contributed by atoms with Crippen molar-refractivity contribution in [3.8, 4) is 17.4 Å². The smallest absolute Gasteiger partial charge is 0.309 e. The second-order valence-corrected chi connectivity index (χ2v) is 10.2. The molecule has 41 heavy (non-hydrogen) atoms. The first-order chi connectivity index (χ1) is 20.0. The molecule has 4 aromatic rings. The number of piperidine rings is 1. The second kappa shape index (κ2) is 12.9. The van der Waals surface area contributed by atoms with E-state index in [-0.39, 0.29) is 17.8 Å². The van der Waals surface area contributed by atoms with Gasteiger partial charge in [-0.05, 0) is 63.0 Å².